The van der Waals surface area contributed by atoms with Crippen LogP contribution in [0.25, 0.3) is 11.1 Å². The summed E-state index contributed by atoms with van der Waals surface area (Å²) in [5, 5.41) is 21.2. The molecule has 3 aromatic carbocycles. The molecule has 0 spiro atoms. The second kappa shape index (κ2) is 8.47. The van der Waals surface area contributed by atoms with E-state index in [4.69, 9.17) is 4.74 Å². The molecular formula is C24H20FNO5. The van der Waals surface area contributed by atoms with E-state index < -0.39 is 23.9 Å². The van der Waals surface area contributed by atoms with Gasteiger partial charge in [0.1, 0.15) is 24.2 Å². The summed E-state index contributed by atoms with van der Waals surface area (Å²) in [6.07, 6.45) is -1.08. The summed E-state index contributed by atoms with van der Waals surface area (Å²) in [6, 6.07) is 17.7. The van der Waals surface area contributed by atoms with Crippen molar-refractivity contribution in [3.63, 3.8) is 0 Å². The van der Waals surface area contributed by atoms with Crippen molar-refractivity contribution < 1.29 is 28.9 Å². The molecule has 1 amide bonds. The lowest BCUT2D eigenvalue weighted by molar-refractivity contribution is -0.139. The minimum Gasteiger partial charge on any atom is -0.508 e. The number of aromatic hydroxyl groups is 1. The van der Waals surface area contributed by atoms with Crippen LogP contribution in [0.15, 0.2) is 66.7 Å². The zero-order valence-electron chi connectivity index (χ0n) is 16.4. The number of phenols is 1. The fourth-order valence-electron chi connectivity index (χ4n) is 3.97. The molecule has 0 saturated carbocycles. The van der Waals surface area contributed by atoms with Crippen LogP contribution in [0.4, 0.5) is 9.18 Å². The summed E-state index contributed by atoms with van der Waals surface area (Å²) in [5.74, 6) is -2.46. The van der Waals surface area contributed by atoms with Crippen LogP contribution in [0.5, 0.6) is 5.75 Å². The van der Waals surface area contributed by atoms with Crippen LogP contribution in [0, 0.1) is 5.82 Å². The molecule has 0 saturated heterocycles. The summed E-state index contributed by atoms with van der Waals surface area (Å²) >= 11 is 0. The maximum atomic E-state index is 13.5. The standard InChI is InChI=1S/C24H20FNO5/c25-15-9-14(10-16(27)12-15)11-22(23(28)29)26-24(30)31-13-21-19-7-3-1-5-17(19)18-6-2-4-8-20(18)21/h1-10,12,21-22,27H,11,13H2,(H,26,30)(H,28,29). The smallest absolute Gasteiger partial charge is 0.407 e. The number of amides is 1. The van der Waals surface area contributed by atoms with Crippen LogP contribution in [-0.2, 0) is 16.0 Å². The molecule has 1 unspecified atom stereocenters. The summed E-state index contributed by atoms with van der Waals surface area (Å²) in [4.78, 5) is 23.9. The third kappa shape index (κ3) is 4.35. The molecule has 1 atom stereocenters. The van der Waals surface area contributed by atoms with Crippen LogP contribution < -0.4 is 5.32 Å². The minimum atomic E-state index is -1.34. The highest BCUT2D eigenvalue weighted by Crippen LogP contribution is 2.44. The third-order valence-corrected chi connectivity index (χ3v) is 5.32. The fourth-order valence-corrected chi connectivity index (χ4v) is 3.97. The molecular weight excluding hydrogens is 401 g/mol. The number of fused-ring (bicyclic) bond motifs is 3. The van der Waals surface area contributed by atoms with E-state index in [1.807, 2.05) is 48.5 Å². The molecule has 4 rings (SSSR count). The lowest BCUT2D eigenvalue weighted by Gasteiger charge is -2.17. The molecule has 6 nitrogen and oxygen atoms in total. The number of alkyl carbamates (subject to hydrolysis) is 1. The average molecular weight is 421 g/mol. The zero-order chi connectivity index (χ0) is 22.0. The average Bonchev–Trinajstić information content (AvgIpc) is 3.05. The number of carboxylic acid groups (broad SMARTS) is 1. The quantitative estimate of drug-likeness (QED) is 0.558. The second-order valence-electron chi connectivity index (χ2n) is 7.38. The number of nitrogens with one attached hydrogen (secondary N) is 1. The van der Waals surface area contributed by atoms with Crippen molar-refractivity contribution in [1.82, 2.24) is 5.32 Å². The second-order valence-corrected chi connectivity index (χ2v) is 7.38. The van der Waals surface area contributed by atoms with Crippen molar-refractivity contribution in [3.8, 4) is 16.9 Å². The number of hydrogen-bond acceptors (Lipinski definition) is 4. The number of benzene rings is 3. The number of aliphatic carboxylic acids is 1. The van der Waals surface area contributed by atoms with Gasteiger partial charge in [0.15, 0.2) is 0 Å². The van der Waals surface area contributed by atoms with Gasteiger partial charge in [0.25, 0.3) is 0 Å². The SMILES string of the molecule is O=C(NC(Cc1cc(O)cc(F)c1)C(=O)O)OCC1c2ccccc2-c2ccccc21. The van der Waals surface area contributed by atoms with Gasteiger partial charge in [0.05, 0.1) is 0 Å². The normalized spacial score (nSPS) is 13.2. The molecule has 7 heteroatoms. The van der Waals surface area contributed by atoms with Gasteiger partial charge >= 0.3 is 12.1 Å². The minimum absolute atomic E-state index is 0.0486. The predicted octanol–water partition coefficient (Wildman–Crippen LogP) is 4.07. The van der Waals surface area contributed by atoms with Crippen molar-refractivity contribution in [1.29, 1.82) is 0 Å². The van der Waals surface area contributed by atoms with Gasteiger partial charge in [-0.3, -0.25) is 0 Å². The van der Waals surface area contributed by atoms with Crippen LogP contribution in [0.2, 0.25) is 0 Å². The maximum absolute atomic E-state index is 13.5. The maximum Gasteiger partial charge on any atom is 0.407 e. The molecule has 1 aliphatic carbocycles. The van der Waals surface area contributed by atoms with Crippen molar-refractivity contribution in [3.05, 3.63) is 89.2 Å². The van der Waals surface area contributed by atoms with Gasteiger partial charge in [0, 0.05) is 18.4 Å². The number of halogens is 1. The highest BCUT2D eigenvalue weighted by molar-refractivity contribution is 5.81. The number of ether oxygens (including phenoxy) is 1. The molecule has 0 aromatic heterocycles. The Morgan fingerprint density at radius 1 is 1.00 bits per heavy atom. The summed E-state index contributed by atoms with van der Waals surface area (Å²) < 4.78 is 18.8. The molecule has 1 aliphatic rings. The van der Waals surface area contributed by atoms with Gasteiger partial charge < -0.3 is 20.3 Å². The van der Waals surface area contributed by atoms with Crippen LogP contribution in [-0.4, -0.2) is 34.9 Å². The molecule has 0 bridgehead atoms. The number of carboxylic acids is 1. The number of hydrogen-bond donors (Lipinski definition) is 3. The first kappa shape index (κ1) is 20.4. The molecule has 0 heterocycles. The molecule has 3 aromatic rings. The number of carbonyl (C=O) groups is 2. The van der Waals surface area contributed by atoms with E-state index in [0.717, 1.165) is 34.4 Å². The number of phenolic OH excluding ortho intramolecular Hbond substituents is 1. The van der Waals surface area contributed by atoms with Gasteiger partial charge in [-0.2, -0.15) is 0 Å². The Morgan fingerprint density at radius 2 is 1.61 bits per heavy atom. The van der Waals surface area contributed by atoms with Crippen molar-refractivity contribution >= 4 is 12.1 Å². The highest BCUT2D eigenvalue weighted by Gasteiger charge is 2.29. The predicted molar refractivity (Wildman–Crippen MR) is 111 cm³/mol. The van der Waals surface area contributed by atoms with Gasteiger partial charge in [-0.05, 0) is 39.9 Å². The van der Waals surface area contributed by atoms with E-state index in [2.05, 4.69) is 5.32 Å². The molecule has 0 fully saturated rings. The monoisotopic (exact) mass is 421 g/mol. The lowest BCUT2D eigenvalue weighted by Crippen LogP contribution is -2.42. The first-order valence-electron chi connectivity index (χ1n) is 9.75. The summed E-state index contributed by atoms with van der Waals surface area (Å²) in [7, 11) is 0. The molecule has 3 N–H and O–H groups in total. The molecule has 31 heavy (non-hydrogen) atoms. The Balaban J connectivity index is 1.44. The van der Waals surface area contributed by atoms with E-state index in [1.165, 1.54) is 6.07 Å². The largest absolute Gasteiger partial charge is 0.508 e. The van der Waals surface area contributed by atoms with Crippen LogP contribution >= 0.6 is 0 Å². The van der Waals surface area contributed by atoms with E-state index in [-0.39, 0.29) is 30.3 Å². The molecule has 158 valence electrons. The van der Waals surface area contributed by atoms with Crippen molar-refractivity contribution in [2.24, 2.45) is 0 Å². The fraction of sp³-hybridized carbons (Fsp3) is 0.167. The third-order valence-electron chi connectivity index (χ3n) is 5.32. The summed E-state index contributed by atoms with van der Waals surface area (Å²) in [5.41, 5.74) is 4.50. The van der Waals surface area contributed by atoms with E-state index >= 15 is 0 Å². The first-order chi connectivity index (χ1) is 14.9. The first-order valence-corrected chi connectivity index (χ1v) is 9.75. The Hall–Kier alpha value is -3.87. The Labute approximate surface area is 177 Å². The number of rotatable bonds is 6. The van der Waals surface area contributed by atoms with Crippen LogP contribution in [0.1, 0.15) is 22.6 Å². The zero-order valence-corrected chi connectivity index (χ0v) is 16.4. The van der Waals surface area contributed by atoms with Gasteiger partial charge in [-0.25, -0.2) is 14.0 Å². The Morgan fingerprint density at radius 3 is 2.19 bits per heavy atom. The van der Waals surface area contributed by atoms with Gasteiger partial charge in [-0.15, -0.1) is 0 Å². The van der Waals surface area contributed by atoms with E-state index in [0.29, 0.717) is 0 Å². The van der Waals surface area contributed by atoms with Crippen LogP contribution in [0.3, 0.4) is 0 Å². The van der Waals surface area contributed by atoms with Gasteiger partial charge in [0.2, 0.25) is 0 Å². The highest BCUT2D eigenvalue weighted by atomic mass is 19.1. The van der Waals surface area contributed by atoms with Crippen molar-refractivity contribution in [2.75, 3.05) is 6.61 Å². The molecule has 0 aliphatic heterocycles. The molecule has 0 radical (unpaired) electrons. The topological polar surface area (TPSA) is 95.9 Å². The summed E-state index contributed by atoms with van der Waals surface area (Å²) in [6.45, 7) is 0.0486. The Bertz CT molecular complexity index is 1080. The number of carbonyl (C=O) groups excluding carboxylic acids is 1. The lowest BCUT2D eigenvalue weighted by atomic mass is 9.98. The van der Waals surface area contributed by atoms with Gasteiger partial charge in [-0.1, -0.05) is 48.5 Å². The van der Waals surface area contributed by atoms with E-state index in [1.54, 1.807) is 0 Å². The van der Waals surface area contributed by atoms with Crippen molar-refractivity contribution in [2.45, 2.75) is 18.4 Å². The van der Waals surface area contributed by atoms with E-state index in [9.17, 15) is 24.2 Å². The Kier molecular flexibility index (Phi) is 5.58.